The summed E-state index contributed by atoms with van der Waals surface area (Å²) in [4.78, 5) is 12.4. The molecule has 2 aromatic rings. The summed E-state index contributed by atoms with van der Waals surface area (Å²) in [7, 11) is -2.01. The first-order chi connectivity index (χ1) is 11.8. The molecule has 0 heterocycles. The largest absolute Gasteiger partial charge is 0.352 e. The third kappa shape index (κ3) is 5.21. The number of nitrogens with zero attached hydrogens (tertiary/aromatic N) is 1. The second-order valence-corrected chi connectivity index (χ2v) is 8.12. The summed E-state index contributed by atoms with van der Waals surface area (Å²) < 4.78 is 24.6. The van der Waals surface area contributed by atoms with E-state index in [2.05, 4.69) is 5.32 Å². The number of halogens is 1. The van der Waals surface area contributed by atoms with Gasteiger partial charge in [0.05, 0.1) is 17.5 Å². The van der Waals surface area contributed by atoms with Gasteiger partial charge in [0.15, 0.2) is 0 Å². The van der Waals surface area contributed by atoms with Crippen LogP contribution in [-0.4, -0.2) is 34.2 Å². The van der Waals surface area contributed by atoms with Crippen LogP contribution in [-0.2, 0) is 16.4 Å². The Labute approximate surface area is 153 Å². The third-order valence-electron chi connectivity index (χ3n) is 3.85. The van der Waals surface area contributed by atoms with Gasteiger partial charge in [-0.2, -0.15) is 0 Å². The van der Waals surface area contributed by atoms with Crippen molar-refractivity contribution >= 4 is 33.2 Å². The van der Waals surface area contributed by atoms with E-state index in [0.29, 0.717) is 22.8 Å². The smallest absolute Gasteiger partial charge is 0.253 e. The number of anilines is 1. The number of nitrogens with one attached hydrogen (secondary N) is 1. The SMILES string of the molecule is CN(c1ccccc1C(=O)NCCCc1ccccc1Cl)S(C)(=O)=O. The van der Waals surface area contributed by atoms with Crippen molar-refractivity contribution in [2.45, 2.75) is 12.8 Å². The van der Waals surface area contributed by atoms with Gasteiger partial charge in [-0.25, -0.2) is 8.42 Å². The average Bonchev–Trinajstić information content (AvgIpc) is 2.58. The lowest BCUT2D eigenvalue weighted by molar-refractivity contribution is 0.0954. The first-order valence-electron chi connectivity index (χ1n) is 7.85. The first kappa shape index (κ1) is 19.3. The quantitative estimate of drug-likeness (QED) is 0.750. The highest BCUT2D eigenvalue weighted by molar-refractivity contribution is 7.92. The molecule has 0 unspecified atom stereocenters. The molecule has 0 aliphatic rings. The number of carbonyl (C=O) groups excluding carboxylic acids is 1. The Morgan fingerprint density at radius 2 is 1.76 bits per heavy atom. The Bertz CT molecular complexity index is 853. The van der Waals surface area contributed by atoms with Gasteiger partial charge in [-0.1, -0.05) is 41.9 Å². The summed E-state index contributed by atoms with van der Waals surface area (Å²) in [6, 6.07) is 14.2. The number of sulfonamides is 1. The molecule has 5 nitrogen and oxygen atoms in total. The van der Waals surface area contributed by atoms with Gasteiger partial charge in [0.25, 0.3) is 5.91 Å². The van der Waals surface area contributed by atoms with Crippen LogP contribution >= 0.6 is 11.6 Å². The molecule has 1 amide bonds. The fraction of sp³-hybridized carbons (Fsp3) is 0.278. The summed E-state index contributed by atoms with van der Waals surface area (Å²) in [5.74, 6) is -0.301. The van der Waals surface area contributed by atoms with Gasteiger partial charge in [-0.05, 0) is 36.6 Å². The molecule has 0 aromatic heterocycles. The molecule has 0 atom stereocenters. The predicted octanol–water partition coefficient (Wildman–Crippen LogP) is 3.10. The maximum Gasteiger partial charge on any atom is 0.253 e. The number of hydrogen-bond donors (Lipinski definition) is 1. The second kappa shape index (κ2) is 8.36. The number of carbonyl (C=O) groups is 1. The van der Waals surface area contributed by atoms with E-state index in [-0.39, 0.29) is 5.91 Å². The Morgan fingerprint density at radius 1 is 1.12 bits per heavy atom. The number of para-hydroxylation sites is 1. The fourth-order valence-corrected chi connectivity index (χ4v) is 3.14. The summed E-state index contributed by atoms with van der Waals surface area (Å²) in [5.41, 5.74) is 1.72. The topological polar surface area (TPSA) is 66.5 Å². The van der Waals surface area contributed by atoms with E-state index in [9.17, 15) is 13.2 Å². The van der Waals surface area contributed by atoms with Gasteiger partial charge in [0.1, 0.15) is 0 Å². The van der Waals surface area contributed by atoms with E-state index in [4.69, 9.17) is 11.6 Å². The number of rotatable bonds is 7. The molecular weight excluding hydrogens is 360 g/mol. The molecule has 2 rings (SSSR count). The van der Waals surface area contributed by atoms with Crippen molar-refractivity contribution < 1.29 is 13.2 Å². The minimum atomic E-state index is -3.44. The van der Waals surface area contributed by atoms with Crippen LogP contribution in [0.15, 0.2) is 48.5 Å². The van der Waals surface area contributed by atoms with Gasteiger partial charge < -0.3 is 5.32 Å². The molecule has 0 bridgehead atoms. The van der Waals surface area contributed by atoms with Crippen molar-refractivity contribution in [3.63, 3.8) is 0 Å². The molecule has 0 saturated carbocycles. The lowest BCUT2D eigenvalue weighted by Crippen LogP contribution is -2.30. The van der Waals surface area contributed by atoms with E-state index in [0.717, 1.165) is 29.0 Å². The highest BCUT2D eigenvalue weighted by atomic mass is 35.5. The molecule has 25 heavy (non-hydrogen) atoms. The number of benzene rings is 2. The van der Waals surface area contributed by atoms with Gasteiger partial charge in [0, 0.05) is 18.6 Å². The maximum absolute atomic E-state index is 12.4. The molecule has 7 heteroatoms. The number of amides is 1. The Morgan fingerprint density at radius 3 is 2.44 bits per heavy atom. The van der Waals surface area contributed by atoms with Crippen molar-refractivity contribution in [1.29, 1.82) is 0 Å². The normalized spacial score (nSPS) is 11.2. The van der Waals surface area contributed by atoms with E-state index in [1.807, 2.05) is 24.3 Å². The second-order valence-electron chi connectivity index (χ2n) is 5.70. The molecule has 0 fully saturated rings. The van der Waals surface area contributed by atoms with Crippen molar-refractivity contribution in [2.24, 2.45) is 0 Å². The zero-order valence-corrected chi connectivity index (χ0v) is 15.8. The summed E-state index contributed by atoms with van der Waals surface area (Å²) >= 11 is 6.11. The minimum absolute atomic E-state index is 0.301. The van der Waals surface area contributed by atoms with Gasteiger partial charge >= 0.3 is 0 Å². The van der Waals surface area contributed by atoms with E-state index in [1.54, 1.807) is 24.3 Å². The zero-order chi connectivity index (χ0) is 18.4. The number of aryl methyl sites for hydroxylation is 1. The molecule has 0 saturated heterocycles. The van der Waals surface area contributed by atoms with Gasteiger partial charge in [-0.3, -0.25) is 9.10 Å². The molecule has 2 aromatic carbocycles. The molecule has 0 aliphatic carbocycles. The van der Waals surface area contributed by atoms with Crippen LogP contribution in [0.5, 0.6) is 0 Å². The highest BCUT2D eigenvalue weighted by Crippen LogP contribution is 2.21. The third-order valence-corrected chi connectivity index (χ3v) is 5.41. The molecule has 0 aliphatic heterocycles. The van der Waals surface area contributed by atoms with Crippen LogP contribution in [0.3, 0.4) is 0 Å². The van der Waals surface area contributed by atoms with Crippen LogP contribution in [0.4, 0.5) is 5.69 Å². The molecule has 134 valence electrons. The minimum Gasteiger partial charge on any atom is -0.352 e. The molecule has 1 N–H and O–H groups in total. The summed E-state index contributed by atoms with van der Waals surface area (Å²) in [5, 5.41) is 3.55. The van der Waals surface area contributed by atoms with E-state index >= 15 is 0 Å². The summed E-state index contributed by atoms with van der Waals surface area (Å²) in [6.45, 7) is 0.473. The maximum atomic E-state index is 12.4. The highest BCUT2D eigenvalue weighted by Gasteiger charge is 2.19. The van der Waals surface area contributed by atoms with Crippen LogP contribution in [0.1, 0.15) is 22.3 Å². The van der Waals surface area contributed by atoms with E-state index < -0.39 is 10.0 Å². The van der Waals surface area contributed by atoms with Crippen LogP contribution < -0.4 is 9.62 Å². The van der Waals surface area contributed by atoms with Crippen molar-refractivity contribution in [2.75, 3.05) is 24.2 Å². The monoisotopic (exact) mass is 380 g/mol. The van der Waals surface area contributed by atoms with Crippen molar-refractivity contribution in [3.8, 4) is 0 Å². The molecular formula is C18H21ClN2O3S. The Hall–Kier alpha value is -2.05. The standard InChI is InChI=1S/C18H21ClN2O3S/c1-21(25(2,23)24)17-12-6-4-10-15(17)18(22)20-13-7-9-14-8-3-5-11-16(14)19/h3-6,8,10-12H,7,9,13H2,1-2H3,(H,20,22). The van der Waals surface area contributed by atoms with Crippen molar-refractivity contribution in [1.82, 2.24) is 5.32 Å². The lowest BCUT2D eigenvalue weighted by Gasteiger charge is -2.19. The lowest BCUT2D eigenvalue weighted by atomic mass is 10.1. The van der Waals surface area contributed by atoms with Gasteiger partial charge in [-0.15, -0.1) is 0 Å². The number of hydrogen-bond acceptors (Lipinski definition) is 3. The Balaban J connectivity index is 1.99. The molecule has 0 spiro atoms. The molecule has 0 radical (unpaired) electrons. The van der Waals surface area contributed by atoms with Crippen LogP contribution in [0, 0.1) is 0 Å². The van der Waals surface area contributed by atoms with Gasteiger partial charge in [0.2, 0.25) is 10.0 Å². The summed E-state index contributed by atoms with van der Waals surface area (Å²) in [6.07, 6.45) is 2.59. The van der Waals surface area contributed by atoms with Crippen LogP contribution in [0.25, 0.3) is 0 Å². The first-order valence-corrected chi connectivity index (χ1v) is 10.1. The predicted molar refractivity (Wildman–Crippen MR) is 102 cm³/mol. The average molecular weight is 381 g/mol. The van der Waals surface area contributed by atoms with E-state index in [1.165, 1.54) is 7.05 Å². The Kier molecular flexibility index (Phi) is 6.45. The van der Waals surface area contributed by atoms with Crippen molar-refractivity contribution in [3.05, 3.63) is 64.7 Å². The fourth-order valence-electron chi connectivity index (χ4n) is 2.40. The van der Waals surface area contributed by atoms with Crippen LogP contribution in [0.2, 0.25) is 5.02 Å². The zero-order valence-electron chi connectivity index (χ0n) is 14.2.